The van der Waals surface area contributed by atoms with Gasteiger partial charge >= 0.3 is 0 Å². The molecule has 0 bridgehead atoms. The Kier molecular flexibility index (Phi) is 5.35. The normalized spacial score (nSPS) is 8.87. The van der Waals surface area contributed by atoms with Gasteiger partial charge in [-0.1, -0.05) is 24.1 Å². The minimum atomic E-state index is -0.260. The molecule has 0 saturated carbocycles. The number of halogens is 1. The third-order valence-electron chi connectivity index (χ3n) is 1.69. The maximum absolute atomic E-state index is 11.2. The third-order valence-corrected chi connectivity index (χ3v) is 1.96. The van der Waals surface area contributed by atoms with Crippen molar-refractivity contribution in [2.75, 3.05) is 12.4 Å². The molecule has 2 nitrogen and oxygen atoms in total. The van der Waals surface area contributed by atoms with Crippen molar-refractivity contribution in [3.63, 3.8) is 0 Å². The number of nitrogens with one attached hydrogen (secondary N) is 1. The molecule has 1 rings (SSSR count). The van der Waals surface area contributed by atoms with Gasteiger partial charge in [-0.15, -0.1) is 11.6 Å². The summed E-state index contributed by atoms with van der Waals surface area (Å²) in [6.45, 7) is 0.575. The zero-order valence-electron chi connectivity index (χ0n) is 8.29. The van der Waals surface area contributed by atoms with Crippen LogP contribution in [0.25, 0.3) is 0 Å². The summed E-state index contributed by atoms with van der Waals surface area (Å²) in [5, 5.41) is 2.66. The molecule has 0 radical (unpaired) electrons. The molecule has 0 atom stereocenters. The van der Waals surface area contributed by atoms with Crippen LogP contribution in [0.15, 0.2) is 30.3 Å². The second-order valence-electron chi connectivity index (χ2n) is 2.91. The lowest BCUT2D eigenvalue weighted by atomic mass is 10.2. The first-order valence-corrected chi connectivity index (χ1v) is 5.27. The summed E-state index contributed by atoms with van der Waals surface area (Å²) < 4.78 is 0. The van der Waals surface area contributed by atoms with E-state index < -0.39 is 0 Å². The molecule has 1 N–H and O–H groups in total. The molecule has 0 fully saturated rings. The highest BCUT2D eigenvalue weighted by atomic mass is 35.5. The van der Waals surface area contributed by atoms with Gasteiger partial charge in [0.05, 0.1) is 0 Å². The smallest absolute Gasteiger partial charge is 0.296 e. The van der Waals surface area contributed by atoms with E-state index in [0.717, 1.165) is 12.0 Å². The fourth-order valence-corrected chi connectivity index (χ4v) is 1.10. The van der Waals surface area contributed by atoms with Crippen LogP contribution in [0.4, 0.5) is 0 Å². The summed E-state index contributed by atoms with van der Waals surface area (Å²) in [6, 6.07) is 9.40. The highest BCUT2D eigenvalue weighted by Crippen LogP contribution is 1.94. The van der Waals surface area contributed by atoms with Gasteiger partial charge < -0.3 is 5.32 Å². The summed E-state index contributed by atoms with van der Waals surface area (Å²) >= 11 is 5.47. The van der Waals surface area contributed by atoms with E-state index in [-0.39, 0.29) is 5.91 Å². The summed E-state index contributed by atoms with van der Waals surface area (Å²) in [7, 11) is 0. The van der Waals surface area contributed by atoms with Crippen LogP contribution in [0.5, 0.6) is 0 Å². The van der Waals surface area contributed by atoms with Crippen LogP contribution in [-0.2, 0) is 4.79 Å². The molecule has 1 aromatic rings. The molecule has 0 aliphatic carbocycles. The van der Waals surface area contributed by atoms with E-state index in [1.165, 1.54) is 0 Å². The van der Waals surface area contributed by atoms with Crippen molar-refractivity contribution in [3.8, 4) is 11.8 Å². The lowest BCUT2D eigenvalue weighted by molar-refractivity contribution is -0.115. The molecule has 78 valence electrons. The molecule has 0 saturated heterocycles. The molecule has 0 spiro atoms. The van der Waals surface area contributed by atoms with Gasteiger partial charge in [-0.2, -0.15) is 0 Å². The van der Waals surface area contributed by atoms with Crippen molar-refractivity contribution < 1.29 is 4.79 Å². The Morgan fingerprint density at radius 1 is 1.33 bits per heavy atom. The zero-order valence-corrected chi connectivity index (χ0v) is 9.05. The van der Waals surface area contributed by atoms with Gasteiger partial charge in [0.15, 0.2) is 0 Å². The molecule has 3 heteroatoms. The maximum atomic E-state index is 11.2. The lowest BCUT2D eigenvalue weighted by Gasteiger charge is -1.96. The van der Waals surface area contributed by atoms with Crippen LogP contribution in [0, 0.1) is 11.8 Å². The van der Waals surface area contributed by atoms with Crippen molar-refractivity contribution in [2.45, 2.75) is 6.42 Å². The van der Waals surface area contributed by atoms with E-state index in [4.69, 9.17) is 11.6 Å². The van der Waals surface area contributed by atoms with Crippen LogP contribution in [0.1, 0.15) is 12.0 Å². The number of amides is 1. The predicted molar refractivity (Wildman–Crippen MR) is 61.7 cm³/mol. The number of benzene rings is 1. The Morgan fingerprint density at radius 2 is 2.07 bits per heavy atom. The second kappa shape index (κ2) is 6.92. The van der Waals surface area contributed by atoms with E-state index in [0.29, 0.717) is 12.4 Å². The van der Waals surface area contributed by atoms with Gasteiger partial charge in [-0.3, -0.25) is 4.79 Å². The quantitative estimate of drug-likeness (QED) is 0.471. The molecular weight excluding hydrogens is 210 g/mol. The number of alkyl halides is 1. The van der Waals surface area contributed by atoms with Crippen molar-refractivity contribution in [1.82, 2.24) is 5.32 Å². The van der Waals surface area contributed by atoms with Gasteiger partial charge in [0.1, 0.15) is 0 Å². The first kappa shape index (κ1) is 11.6. The number of carbonyl (C=O) groups is 1. The van der Waals surface area contributed by atoms with Crippen molar-refractivity contribution in [3.05, 3.63) is 35.9 Å². The average Bonchev–Trinajstić information content (AvgIpc) is 2.28. The molecule has 0 aliphatic heterocycles. The van der Waals surface area contributed by atoms with E-state index in [1.54, 1.807) is 0 Å². The van der Waals surface area contributed by atoms with Gasteiger partial charge in [0.25, 0.3) is 5.91 Å². The highest BCUT2D eigenvalue weighted by Gasteiger charge is 1.92. The van der Waals surface area contributed by atoms with Crippen LogP contribution >= 0.6 is 11.6 Å². The zero-order chi connectivity index (χ0) is 10.9. The number of hydrogen-bond acceptors (Lipinski definition) is 1. The van der Waals surface area contributed by atoms with E-state index in [9.17, 15) is 4.79 Å². The number of carbonyl (C=O) groups excluding carboxylic acids is 1. The SMILES string of the molecule is O=C(C#Cc1ccccc1)NCCCCl. The minimum Gasteiger partial charge on any atom is -0.345 e. The summed E-state index contributed by atoms with van der Waals surface area (Å²) in [4.78, 5) is 11.2. The van der Waals surface area contributed by atoms with Crippen molar-refractivity contribution in [2.24, 2.45) is 0 Å². The minimum absolute atomic E-state index is 0.260. The van der Waals surface area contributed by atoms with Crippen LogP contribution in [0.2, 0.25) is 0 Å². The topological polar surface area (TPSA) is 29.1 Å². The number of rotatable bonds is 3. The van der Waals surface area contributed by atoms with Gasteiger partial charge in [-0.25, -0.2) is 0 Å². The Balaban J connectivity index is 2.41. The van der Waals surface area contributed by atoms with Gasteiger partial charge in [0.2, 0.25) is 0 Å². The van der Waals surface area contributed by atoms with Crippen molar-refractivity contribution in [1.29, 1.82) is 0 Å². The largest absolute Gasteiger partial charge is 0.345 e. The molecular formula is C12H12ClNO. The fraction of sp³-hybridized carbons (Fsp3) is 0.250. The fourth-order valence-electron chi connectivity index (χ4n) is 0.963. The molecule has 0 aromatic heterocycles. The summed E-state index contributed by atoms with van der Waals surface area (Å²) in [5.74, 6) is 5.58. The third kappa shape index (κ3) is 5.09. The Labute approximate surface area is 94.6 Å². The van der Waals surface area contributed by atoms with Crippen LogP contribution in [-0.4, -0.2) is 18.3 Å². The Bertz CT molecular complexity index is 364. The van der Waals surface area contributed by atoms with E-state index in [2.05, 4.69) is 17.2 Å². The molecule has 1 aromatic carbocycles. The standard InChI is InChI=1S/C12H12ClNO/c13-9-4-10-14-12(15)8-7-11-5-2-1-3-6-11/h1-3,5-6H,4,9-10H2,(H,14,15). The summed E-state index contributed by atoms with van der Waals surface area (Å²) in [5.41, 5.74) is 0.838. The number of hydrogen-bond donors (Lipinski definition) is 1. The van der Waals surface area contributed by atoms with Gasteiger partial charge in [-0.05, 0) is 18.6 Å². The maximum Gasteiger partial charge on any atom is 0.296 e. The monoisotopic (exact) mass is 221 g/mol. The average molecular weight is 222 g/mol. The van der Waals surface area contributed by atoms with Crippen LogP contribution < -0.4 is 5.32 Å². The Morgan fingerprint density at radius 3 is 2.73 bits per heavy atom. The van der Waals surface area contributed by atoms with E-state index >= 15 is 0 Å². The first-order valence-electron chi connectivity index (χ1n) is 4.74. The van der Waals surface area contributed by atoms with Crippen molar-refractivity contribution >= 4 is 17.5 Å². The molecule has 0 unspecified atom stereocenters. The van der Waals surface area contributed by atoms with Gasteiger partial charge in [0, 0.05) is 23.9 Å². The first-order chi connectivity index (χ1) is 7.33. The summed E-state index contributed by atoms with van der Waals surface area (Å²) in [6.07, 6.45) is 0.764. The second-order valence-corrected chi connectivity index (χ2v) is 3.29. The molecule has 0 aliphatic rings. The highest BCUT2D eigenvalue weighted by molar-refractivity contribution is 6.17. The lowest BCUT2D eigenvalue weighted by Crippen LogP contribution is -2.22. The molecule has 1 amide bonds. The predicted octanol–water partition coefficient (Wildman–Crippen LogP) is 1.78. The Hall–Kier alpha value is -1.46. The van der Waals surface area contributed by atoms with Crippen LogP contribution in [0.3, 0.4) is 0 Å². The van der Waals surface area contributed by atoms with E-state index in [1.807, 2.05) is 30.3 Å². The molecule has 0 heterocycles. The molecule has 15 heavy (non-hydrogen) atoms.